The predicted molar refractivity (Wildman–Crippen MR) is 80.7 cm³/mol. The van der Waals surface area contributed by atoms with Crippen molar-refractivity contribution in [1.29, 1.82) is 0 Å². The average molecular weight is 285 g/mol. The number of fused-ring (bicyclic) bond motifs is 2. The van der Waals surface area contributed by atoms with Gasteiger partial charge < -0.3 is 10.4 Å². The van der Waals surface area contributed by atoms with Gasteiger partial charge in [-0.3, -0.25) is 0 Å². The van der Waals surface area contributed by atoms with Crippen LogP contribution in [-0.4, -0.2) is 11.1 Å². The van der Waals surface area contributed by atoms with Crippen molar-refractivity contribution in [1.82, 2.24) is 0 Å². The Labute approximate surface area is 122 Å². The molecule has 1 unspecified atom stereocenters. The third-order valence-corrected chi connectivity index (χ3v) is 4.68. The number of nitrogens with one attached hydrogen (secondary N) is 1. The molecular weight excluding hydrogens is 270 g/mol. The Morgan fingerprint density at radius 1 is 1.25 bits per heavy atom. The van der Waals surface area contributed by atoms with Gasteiger partial charge in [0.25, 0.3) is 0 Å². The van der Waals surface area contributed by atoms with Crippen molar-refractivity contribution < 1.29 is 9.90 Å². The molecule has 1 aliphatic rings. The Balaban J connectivity index is 2.14. The summed E-state index contributed by atoms with van der Waals surface area (Å²) in [6.07, 6.45) is 0. The van der Waals surface area contributed by atoms with Gasteiger partial charge in [0.15, 0.2) is 0 Å². The van der Waals surface area contributed by atoms with Crippen LogP contribution in [0.15, 0.2) is 46.2 Å². The van der Waals surface area contributed by atoms with Crippen LogP contribution < -0.4 is 5.32 Å². The molecule has 1 heterocycles. The second kappa shape index (κ2) is 4.87. The summed E-state index contributed by atoms with van der Waals surface area (Å²) in [5.41, 5.74) is 3.28. The Morgan fingerprint density at radius 2 is 2.00 bits per heavy atom. The highest BCUT2D eigenvalue weighted by atomic mass is 32.2. The lowest BCUT2D eigenvalue weighted by Gasteiger charge is -2.15. The molecule has 3 rings (SSSR count). The highest BCUT2D eigenvalue weighted by Crippen LogP contribution is 2.43. The van der Waals surface area contributed by atoms with Gasteiger partial charge in [0.05, 0.1) is 5.56 Å². The molecule has 0 radical (unpaired) electrons. The SMILES string of the molecule is Cc1cc2c(cc1C(=O)O)NC(C)c1ccccc1S2. The molecule has 3 nitrogen and oxygen atoms in total. The molecule has 0 spiro atoms. The number of carboxylic acid groups (broad SMARTS) is 1. The van der Waals surface area contributed by atoms with Crippen molar-refractivity contribution in [2.24, 2.45) is 0 Å². The molecule has 2 N–H and O–H groups in total. The predicted octanol–water partition coefficient (Wildman–Crippen LogP) is 4.33. The molecule has 20 heavy (non-hydrogen) atoms. The first-order valence-corrected chi connectivity index (χ1v) is 7.29. The molecule has 0 saturated carbocycles. The fourth-order valence-corrected chi connectivity index (χ4v) is 3.68. The van der Waals surface area contributed by atoms with Crippen LogP contribution in [0.5, 0.6) is 0 Å². The molecule has 0 saturated heterocycles. The van der Waals surface area contributed by atoms with E-state index < -0.39 is 5.97 Å². The summed E-state index contributed by atoms with van der Waals surface area (Å²) in [6.45, 7) is 3.93. The minimum absolute atomic E-state index is 0.157. The summed E-state index contributed by atoms with van der Waals surface area (Å²) in [5, 5.41) is 12.7. The van der Waals surface area contributed by atoms with Crippen molar-refractivity contribution in [3.8, 4) is 0 Å². The highest BCUT2D eigenvalue weighted by molar-refractivity contribution is 7.99. The maximum atomic E-state index is 11.3. The molecule has 0 bridgehead atoms. The number of hydrogen-bond acceptors (Lipinski definition) is 3. The zero-order valence-corrected chi connectivity index (χ0v) is 12.1. The average Bonchev–Trinajstić information content (AvgIpc) is 2.54. The number of hydrogen-bond donors (Lipinski definition) is 2. The van der Waals surface area contributed by atoms with E-state index in [-0.39, 0.29) is 6.04 Å². The number of carboxylic acids is 1. The number of carbonyl (C=O) groups is 1. The van der Waals surface area contributed by atoms with E-state index in [0.717, 1.165) is 16.1 Å². The van der Waals surface area contributed by atoms with Crippen LogP contribution in [0.2, 0.25) is 0 Å². The first kappa shape index (κ1) is 13.1. The Morgan fingerprint density at radius 3 is 2.75 bits per heavy atom. The summed E-state index contributed by atoms with van der Waals surface area (Å²) in [5.74, 6) is -0.883. The normalized spacial score (nSPS) is 16.6. The lowest BCUT2D eigenvalue weighted by molar-refractivity contribution is 0.0696. The molecule has 4 heteroatoms. The van der Waals surface area contributed by atoms with Crippen LogP contribution in [0.4, 0.5) is 5.69 Å². The van der Waals surface area contributed by atoms with Crippen molar-refractivity contribution in [3.05, 3.63) is 53.1 Å². The zero-order chi connectivity index (χ0) is 14.3. The maximum Gasteiger partial charge on any atom is 0.336 e. The molecular formula is C16H15NO2S. The molecule has 1 atom stereocenters. The van der Waals surface area contributed by atoms with Gasteiger partial charge in [-0.05, 0) is 43.2 Å². The number of benzene rings is 2. The molecule has 0 fully saturated rings. The van der Waals surface area contributed by atoms with E-state index in [1.807, 2.05) is 25.1 Å². The van der Waals surface area contributed by atoms with Gasteiger partial charge in [-0.2, -0.15) is 0 Å². The molecule has 0 amide bonds. The van der Waals surface area contributed by atoms with Gasteiger partial charge in [-0.25, -0.2) is 4.79 Å². The molecule has 2 aromatic carbocycles. The monoisotopic (exact) mass is 285 g/mol. The molecule has 2 aromatic rings. The summed E-state index contributed by atoms with van der Waals surface area (Å²) >= 11 is 1.69. The van der Waals surface area contributed by atoms with Gasteiger partial charge in [0.1, 0.15) is 0 Å². The second-order valence-corrected chi connectivity index (χ2v) is 6.06. The maximum absolute atomic E-state index is 11.3. The zero-order valence-electron chi connectivity index (χ0n) is 11.3. The van der Waals surface area contributed by atoms with Gasteiger partial charge in [-0.1, -0.05) is 30.0 Å². The summed E-state index contributed by atoms with van der Waals surface area (Å²) in [4.78, 5) is 13.5. The Hall–Kier alpha value is -1.94. The quantitative estimate of drug-likeness (QED) is 0.818. The second-order valence-electron chi connectivity index (χ2n) is 4.97. The Kier molecular flexibility index (Phi) is 3.18. The van der Waals surface area contributed by atoms with Gasteiger partial charge in [-0.15, -0.1) is 0 Å². The van der Waals surface area contributed by atoms with Crippen LogP contribution in [-0.2, 0) is 0 Å². The summed E-state index contributed by atoms with van der Waals surface area (Å²) in [7, 11) is 0. The first-order chi connectivity index (χ1) is 9.56. The van der Waals surface area contributed by atoms with Crippen molar-refractivity contribution in [2.75, 3.05) is 5.32 Å². The standard InChI is InChI=1S/C16H15NO2S/c1-9-7-15-13(8-12(9)16(18)19)17-10(2)11-5-3-4-6-14(11)20-15/h3-8,10,17H,1-2H3,(H,18,19). The Bertz CT molecular complexity index is 697. The third-order valence-electron chi connectivity index (χ3n) is 3.53. The first-order valence-electron chi connectivity index (χ1n) is 6.47. The van der Waals surface area contributed by atoms with Crippen LogP contribution in [0, 0.1) is 6.92 Å². The van der Waals surface area contributed by atoms with E-state index in [9.17, 15) is 9.90 Å². The van der Waals surface area contributed by atoms with Crippen LogP contribution in [0.3, 0.4) is 0 Å². The van der Waals surface area contributed by atoms with E-state index in [1.165, 1.54) is 10.5 Å². The largest absolute Gasteiger partial charge is 0.478 e. The minimum atomic E-state index is -0.883. The molecule has 0 aromatic heterocycles. The number of rotatable bonds is 1. The highest BCUT2D eigenvalue weighted by Gasteiger charge is 2.20. The third kappa shape index (κ3) is 2.16. The van der Waals surface area contributed by atoms with Crippen molar-refractivity contribution in [2.45, 2.75) is 29.7 Å². The van der Waals surface area contributed by atoms with Gasteiger partial charge in [0.2, 0.25) is 0 Å². The molecule has 0 aliphatic carbocycles. The van der Waals surface area contributed by atoms with E-state index in [0.29, 0.717) is 5.56 Å². The summed E-state index contributed by atoms with van der Waals surface area (Å²) in [6, 6.07) is 12.1. The van der Waals surface area contributed by atoms with Crippen LogP contribution in [0.25, 0.3) is 0 Å². The molecule has 102 valence electrons. The van der Waals surface area contributed by atoms with Crippen molar-refractivity contribution >= 4 is 23.4 Å². The number of aryl methyl sites for hydroxylation is 1. The fraction of sp³-hybridized carbons (Fsp3) is 0.188. The van der Waals surface area contributed by atoms with Gasteiger partial charge >= 0.3 is 5.97 Å². The van der Waals surface area contributed by atoms with Gasteiger partial charge in [0, 0.05) is 21.5 Å². The van der Waals surface area contributed by atoms with E-state index in [2.05, 4.69) is 24.4 Å². The van der Waals surface area contributed by atoms with Crippen molar-refractivity contribution in [3.63, 3.8) is 0 Å². The number of aromatic carboxylic acids is 1. The van der Waals surface area contributed by atoms with E-state index >= 15 is 0 Å². The number of anilines is 1. The topological polar surface area (TPSA) is 49.3 Å². The summed E-state index contributed by atoms with van der Waals surface area (Å²) < 4.78 is 0. The smallest absolute Gasteiger partial charge is 0.336 e. The lowest BCUT2D eigenvalue weighted by Crippen LogP contribution is -2.08. The molecule has 1 aliphatic heterocycles. The fourth-order valence-electron chi connectivity index (χ4n) is 2.47. The van der Waals surface area contributed by atoms with Crippen LogP contribution >= 0.6 is 11.8 Å². The van der Waals surface area contributed by atoms with E-state index in [4.69, 9.17) is 0 Å². The minimum Gasteiger partial charge on any atom is -0.478 e. The lowest BCUT2D eigenvalue weighted by atomic mass is 10.1. The van der Waals surface area contributed by atoms with E-state index in [1.54, 1.807) is 17.8 Å². The van der Waals surface area contributed by atoms with Crippen LogP contribution in [0.1, 0.15) is 34.5 Å².